The summed E-state index contributed by atoms with van der Waals surface area (Å²) in [4.78, 5) is 23.8. The number of hydrogen-bond donors (Lipinski definition) is 1. The van der Waals surface area contributed by atoms with Gasteiger partial charge in [0.1, 0.15) is 0 Å². The van der Waals surface area contributed by atoms with Gasteiger partial charge in [0.05, 0.1) is 4.88 Å². The van der Waals surface area contributed by atoms with Gasteiger partial charge in [0.15, 0.2) is 0 Å². The number of nitrogens with one attached hydrogen (secondary N) is 1. The average Bonchev–Trinajstić information content (AvgIpc) is 2.95. The zero-order chi connectivity index (χ0) is 14.7. The minimum absolute atomic E-state index is 0.0309. The highest BCUT2D eigenvalue weighted by Crippen LogP contribution is 2.18. The minimum atomic E-state index is 0.0309. The third kappa shape index (κ3) is 3.21. The number of amides is 1. The maximum Gasteiger partial charge on any atom is 0.261 e. The molecule has 3 rings (SSSR count). The molecule has 2 aromatic rings. The maximum atomic E-state index is 12.3. The molecule has 0 spiro atoms. The number of thiophene rings is 1. The lowest BCUT2D eigenvalue weighted by molar-refractivity contribution is 0.0936. The maximum absolute atomic E-state index is 12.3. The van der Waals surface area contributed by atoms with Crippen LogP contribution >= 0.6 is 11.3 Å². The molecule has 1 saturated heterocycles. The molecule has 3 heterocycles. The van der Waals surface area contributed by atoms with Crippen LogP contribution in [0, 0.1) is 6.92 Å². The van der Waals surface area contributed by atoms with Crippen molar-refractivity contribution in [1.29, 1.82) is 0 Å². The third-order valence-electron chi connectivity index (χ3n) is 3.66. The first-order valence-electron chi connectivity index (χ1n) is 7.11. The number of rotatable bonds is 3. The van der Waals surface area contributed by atoms with Crippen LogP contribution in [-0.2, 0) is 0 Å². The summed E-state index contributed by atoms with van der Waals surface area (Å²) in [5.41, 5.74) is 1.04. The predicted molar refractivity (Wildman–Crippen MR) is 83.8 cm³/mol. The molecule has 1 amide bonds. The van der Waals surface area contributed by atoms with E-state index < -0.39 is 0 Å². The smallest absolute Gasteiger partial charge is 0.261 e. The Hall–Kier alpha value is -1.95. The van der Waals surface area contributed by atoms with E-state index in [0.29, 0.717) is 0 Å². The van der Waals surface area contributed by atoms with E-state index in [0.717, 1.165) is 42.3 Å². The van der Waals surface area contributed by atoms with Gasteiger partial charge >= 0.3 is 0 Å². The average molecular weight is 302 g/mol. The van der Waals surface area contributed by atoms with E-state index in [1.165, 1.54) is 11.3 Å². The molecule has 1 aliphatic rings. The number of hydrogen-bond acceptors (Lipinski definition) is 5. The van der Waals surface area contributed by atoms with Gasteiger partial charge in [0, 0.05) is 31.5 Å². The molecule has 110 valence electrons. The molecule has 1 fully saturated rings. The van der Waals surface area contributed by atoms with Gasteiger partial charge in [0.2, 0.25) is 5.95 Å². The summed E-state index contributed by atoms with van der Waals surface area (Å²) in [5, 5.41) is 5.09. The number of carbonyl (C=O) groups is 1. The van der Waals surface area contributed by atoms with Gasteiger partial charge in [-0.1, -0.05) is 0 Å². The lowest BCUT2D eigenvalue weighted by Gasteiger charge is -2.33. The van der Waals surface area contributed by atoms with Crippen molar-refractivity contribution in [1.82, 2.24) is 15.3 Å². The lowest BCUT2D eigenvalue weighted by atomic mass is 10.1. The zero-order valence-corrected chi connectivity index (χ0v) is 12.8. The molecule has 6 heteroatoms. The number of aryl methyl sites for hydroxylation is 1. The molecule has 1 atom stereocenters. The van der Waals surface area contributed by atoms with Crippen LogP contribution in [0.25, 0.3) is 0 Å². The molecule has 5 nitrogen and oxygen atoms in total. The fraction of sp³-hybridized carbons (Fsp3) is 0.400. The largest absolute Gasteiger partial charge is 0.347 e. The van der Waals surface area contributed by atoms with Crippen molar-refractivity contribution in [3.05, 3.63) is 40.3 Å². The summed E-state index contributed by atoms with van der Waals surface area (Å²) in [6.45, 7) is 3.67. The van der Waals surface area contributed by atoms with Crippen LogP contribution < -0.4 is 10.2 Å². The number of piperidine rings is 1. The van der Waals surface area contributed by atoms with Crippen LogP contribution in [0.15, 0.2) is 29.9 Å². The van der Waals surface area contributed by atoms with Crippen molar-refractivity contribution in [2.24, 2.45) is 0 Å². The van der Waals surface area contributed by atoms with Crippen molar-refractivity contribution in [2.75, 3.05) is 18.0 Å². The van der Waals surface area contributed by atoms with Gasteiger partial charge in [-0.2, -0.15) is 0 Å². The summed E-state index contributed by atoms with van der Waals surface area (Å²) in [6, 6.07) is 3.94. The number of anilines is 1. The molecule has 2 aromatic heterocycles. The Labute approximate surface area is 128 Å². The monoisotopic (exact) mass is 302 g/mol. The Morgan fingerprint density at radius 3 is 2.95 bits per heavy atom. The Morgan fingerprint density at radius 2 is 2.24 bits per heavy atom. The SMILES string of the molecule is Cc1ccsc1C(=O)N[C@H]1CCCN(c2ncccn2)C1. The first kappa shape index (κ1) is 14.0. The quantitative estimate of drug-likeness (QED) is 0.945. The van der Waals surface area contributed by atoms with Crippen molar-refractivity contribution in [3.63, 3.8) is 0 Å². The third-order valence-corrected chi connectivity index (χ3v) is 4.68. The molecule has 1 aliphatic heterocycles. The first-order valence-corrected chi connectivity index (χ1v) is 7.99. The molecule has 21 heavy (non-hydrogen) atoms. The fourth-order valence-corrected chi connectivity index (χ4v) is 3.42. The Balaban J connectivity index is 1.64. The highest BCUT2D eigenvalue weighted by atomic mass is 32.1. The van der Waals surface area contributed by atoms with Gasteiger partial charge < -0.3 is 10.2 Å². The van der Waals surface area contributed by atoms with Crippen molar-refractivity contribution >= 4 is 23.2 Å². The second-order valence-electron chi connectivity index (χ2n) is 5.24. The van der Waals surface area contributed by atoms with Crippen molar-refractivity contribution in [2.45, 2.75) is 25.8 Å². The van der Waals surface area contributed by atoms with E-state index in [9.17, 15) is 4.79 Å². The number of carbonyl (C=O) groups excluding carboxylic acids is 1. The lowest BCUT2D eigenvalue weighted by Crippen LogP contribution is -2.48. The Bertz CT molecular complexity index is 613. The van der Waals surface area contributed by atoms with E-state index in [4.69, 9.17) is 0 Å². The number of aromatic nitrogens is 2. The summed E-state index contributed by atoms with van der Waals surface area (Å²) in [5.74, 6) is 0.770. The second kappa shape index (κ2) is 6.22. The normalized spacial score (nSPS) is 18.5. The molecular weight excluding hydrogens is 284 g/mol. The van der Waals surface area contributed by atoms with E-state index in [1.54, 1.807) is 12.4 Å². The van der Waals surface area contributed by atoms with Gasteiger partial charge in [-0.3, -0.25) is 4.79 Å². The number of nitrogens with zero attached hydrogens (tertiary/aromatic N) is 3. The standard InChI is InChI=1S/C15H18N4OS/c1-11-5-9-21-13(11)14(20)18-12-4-2-8-19(10-12)15-16-6-3-7-17-15/h3,5-7,9,12H,2,4,8,10H2,1H3,(H,18,20)/t12-/m0/s1. The predicted octanol–water partition coefficient (Wildman–Crippen LogP) is 2.25. The van der Waals surface area contributed by atoms with Gasteiger partial charge in [-0.25, -0.2) is 9.97 Å². The van der Waals surface area contributed by atoms with Crippen LogP contribution in [0.4, 0.5) is 5.95 Å². The van der Waals surface area contributed by atoms with E-state index in [2.05, 4.69) is 20.2 Å². The van der Waals surface area contributed by atoms with Crippen molar-refractivity contribution in [3.8, 4) is 0 Å². The van der Waals surface area contributed by atoms with Crippen LogP contribution in [0.1, 0.15) is 28.1 Å². The molecule has 0 aromatic carbocycles. The van der Waals surface area contributed by atoms with Crippen LogP contribution in [0.5, 0.6) is 0 Å². The Morgan fingerprint density at radius 1 is 1.43 bits per heavy atom. The van der Waals surface area contributed by atoms with E-state index >= 15 is 0 Å². The van der Waals surface area contributed by atoms with Crippen LogP contribution in [-0.4, -0.2) is 35.0 Å². The van der Waals surface area contributed by atoms with Gasteiger partial charge in [-0.15, -0.1) is 11.3 Å². The van der Waals surface area contributed by atoms with Crippen LogP contribution in [0.2, 0.25) is 0 Å². The summed E-state index contributed by atoms with van der Waals surface area (Å²) in [7, 11) is 0. The second-order valence-corrected chi connectivity index (χ2v) is 6.16. The molecule has 0 saturated carbocycles. The minimum Gasteiger partial charge on any atom is -0.347 e. The molecule has 0 unspecified atom stereocenters. The first-order chi connectivity index (χ1) is 10.2. The molecule has 0 aliphatic carbocycles. The van der Waals surface area contributed by atoms with Gasteiger partial charge in [-0.05, 0) is 42.8 Å². The Kier molecular flexibility index (Phi) is 4.15. The topological polar surface area (TPSA) is 58.1 Å². The summed E-state index contributed by atoms with van der Waals surface area (Å²) < 4.78 is 0. The van der Waals surface area contributed by atoms with Gasteiger partial charge in [0.25, 0.3) is 5.91 Å². The van der Waals surface area contributed by atoms with Crippen LogP contribution in [0.3, 0.4) is 0 Å². The highest BCUT2D eigenvalue weighted by Gasteiger charge is 2.24. The molecule has 0 radical (unpaired) electrons. The van der Waals surface area contributed by atoms with E-state index in [-0.39, 0.29) is 11.9 Å². The molecule has 1 N–H and O–H groups in total. The highest BCUT2D eigenvalue weighted by molar-refractivity contribution is 7.12. The molecular formula is C15H18N4OS. The van der Waals surface area contributed by atoms with Crippen molar-refractivity contribution < 1.29 is 4.79 Å². The summed E-state index contributed by atoms with van der Waals surface area (Å²) in [6.07, 6.45) is 5.53. The summed E-state index contributed by atoms with van der Waals surface area (Å²) >= 11 is 1.49. The fourth-order valence-electron chi connectivity index (χ4n) is 2.59. The zero-order valence-electron chi connectivity index (χ0n) is 12.0. The van der Waals surface area contributed by atoms with E-state index in [1.807, 2.05) is 24.4 Å². The molecule has 0 bridgehead atoms.